The van der Waals surface area contributed by atoms with Gasteiger partial charge in [0.1, 0.15) is 18.3 Å². The number of hydrogen-bond acceptors (Lipinski definition) is 13. The molecule has 1 saturated heterocycles. The second kappa shape index (κ2) is 16.7. The van der Waals surface area contributed by atoms with Crippen molar-refractivity contribution in [1.29, 1.82) is 0 Å². The lowest BCUT2D eigenvalue weighted by Crippen LogP contribution is -2.60. The van der Waals surface area contributed by atoms with Gasteiger partial charge in [0.25, 0.3) is 0 Å². The number of esters is 2. The van der Waals surface area contributed by atoms with Gasteiger partial charge in [-0.15, -0.1) is 0 Å². The molecule has 14 heteroatoms. The predicted molar refractivity (Wildman–Crippen MR) is 181 cm³/mol. The van der Waals surface area contributed by atoms with Crippen molar-refractivity contribution in [1.82, 2.24) is 14.5 Å². The summed E-state index contributed by atoms with van der Waals surface area (Å²) < 4.78 is 37.7. The molecular weight excluding hydrogens is 650 g/mol. The van der Waals surface area contributed by atoms with E-state index in [-0.39, 0.29) is 36.3 Å². The Hall–Kier alpha value is -3.46. The van der Waals surface area contributed by atoms with Crippen molar-refractivity contribution in [2.24, 2.45) is 17.8 Å². The van der Waals surface area contributed by atoms with E-state index in [2.05, 4.69) is 4.98 Å². The number of nitrogens with zero attached hydrogens (tertiary/aromatic N) is 3. The van der Waals surface area contributed by atoms with E-state index >= 15 is 0 Å². The first kappa shape index (κ1) is 41.0. The largest absolute Gasteiger partial charge is 0.457 e. The standard InChI is InChI=1S/C36H55N3O11/c1-13-27-35(8,50-34(44)39-15-14-37-19-39)17-20(2)28(41)21(3)18-36(9,45-12)31(23(5)29(42)24(6)32(43)48-27)49-33-30(47-25(7)40)26(38(10)11)16-22(4)46-33/h14-15,17,19,21-24,26-27,30-31,33H,13,16,18H2,1-12H3/b20-17+/t21-,22-,23-,24-,26+,27-,30-,31-,33+,35+,36-/m1/s1. The highest BCUT2D eigenvalue weighted by molar-refractivity contribution is 6.00. The lowest BCUT2D eigenvalue weighted by Gasteiger charge is -2.47. The summed E-state index contributed by atoms with van der Waals surface area (Å²) in [5.74, 6) is -5.09. The molecule has 14 nitrogen and oxygen atoms in total. The van der Waals surface area contributed by atoms with Crippen molar-refractivity contribution >= 4 is 29.6 Å². The van der Waals surface area contributed by atoms with Crippen LogP contribution in [0.1, 0.15) is 81.6 Å². The van der Waals surface area contributed by atoms with Crippen molar-refractivity contribution in [2.45, 2.75) is 130 Å². The van der Waals surface area contributed by atoms with Gasteiger partial charge in [-0.3, -0.25) is 19.2 Å². The van der Waals surface area contributed by atoms with Gasteiger partial charge in [0.2, 0.25) is 0 Å². The molecule has 1 fully saturated rings. The van der Waals surface area contributed by atoms with Crippen LogP contribution in [0, 0.1) is 17.8 Å². The van der Waals surface area contributed by atoms with Crippen molar-refractivity contribution in [3.8, 4) is 0 Å². The van der Waals surface area contributed by atoms with Crippen molar-refractivity contribution in [2.75, 3.05) is 21.2 Å². The molecule has 50 heavy (non-hydrogen) atoms. The van der Waals surface area contributed by atoms with E-state index in [0.717, 1.165) is 4.57 Å². The summed E-state index contributed by atoms with van der Waals surface area (Å²) in [6, 6.07) is -0.267. The van der Waals surface area contributed by atoms with Gasteiger partial charge in [0, 0.05) is 38.3 Å². The number of aromatic nitrogens is 2. The van der Waals surface area contributed by atoms with Crippen LogP contribution in [0.5, 0.6) is 0 Å². The van der Waals surface area contributed by atoms with Crippen LogP contribution >= 0.6 is 0 Å². The van der Waals surface area contributed by atoms with Gasteiger partial charge in [-0.1, -0.05) is 20.8 Å². The third-order valence-electron chi connectivity index (χ3n) is 9.93. The van der Waals surface area contributed by atoms with E-state index in [4.69, 9.17) is 28.4 Å². The van der Waals surface area contributed by atoms with E-state index < -0.39 is 77.4 Å². The molecule has 0 amide bonds. The number of hydrogen-bond donors (Lipinski definition) is 0. The van der Waals surface area contributed by atoms with Gasteiger partial charge in [0.15, 0.2) is 29.6 Å². The molecule has 0 aromatic carbocycles. The smallest absolute Gasteiger partial charge is 0.420 e. The lowest BCUT2D eigenvalue weighted by molar-refractivity contribution is -0.297. The van der Waals surface area contributed by atoms with Gasteiger partial charge < -0.3 is 33.3 Å². The first-order valence-electron chi connectivity index (χ1n) is 17.2. The molecule has 1 aromatic rings. The Kier molecular flexibility index (Phi) is 13.7. The number of ketones is 2. The number of rotatable bonds is 7. The highest BCUT2D eigenvalue weighted by atomic mass is 16.7. The van der Waals surface area contributed by atoms with E-state index in [0.29, 0.717) is 6.42 Å². The van der Waals surface area contributed by atoms with Gasteiger partial charge in [-0.25, -0.2) is 14.3 Å². The van der Waals surface area contributed by atoms with E-state index in [1.165, 1.54) is 45.8 Å². The molecule has 2 aliphatic rings. The van der Waals surface area contributed by atoms with Gasteiger partial charge >= 0.3 is 18.0 Å². The second-order valence-corrected chi connectivity index (χ2v) is 14.3. The van der Waals surface area contributed by atoms with Gasteiger partial charge in [-0.2, -0.15) is 0 Å². The Morgan fingerprint density at radius 2 is 1.78 bits per heavy atom. The molecule has 11 atom stereocenters. The number of allylic oxidation sites excluding steroid dienone is 1. The Morgan fingerprint density at radius 3 is 2.32 bits per heavy atom. The third-order valence-corrected chi connectivity index (χ3v) is 9.93. The first-order chi connectivity index (χ1) is 23.3. The van der Waals surface area contributed by atoms with Crippen LogP contribution in [0.2, 0.25) is 0 Å². The molecule has 3 heterocycles. The summed E-state index contributed by atoms with van der Waals surface area (Å²) in [4.78, 5) is 73.2. The summed E-state index contributed by atoms with van der Waals surface area (Å²) in [5, 5.41) is 0. The summed E-state index contributed by atoms with van der Waals surface area (Å²) in [6.07, 6.45) is 1.25. The van der Waals surface area contributed by atoms with Crippen molar-refractivity contribution in [3.63, 3.8) is 0 Å². The SMILES string of the molecule is CC[C@H]1OC(=O)[C@H](C)C(=O)[C@@H](C)[C@@H](O[C@@H]2O[C@H](C)C[C@H](N(C)C)[C@H]2OC(C)=O)[C@](C)(OC)C[C@@H](C)C(=O)/C(C)=C/[C@]1(C)OC(=O)n1ccnc1. The minimum atomic E-state index is -1.59. The maximum Gasteiger partial charge on any atom is 0.420 e. The van der Waals surface area contributed by atoms with Crippen LogP contribution < -0.4 is 0 Å². The molecule has 1 aromatic heterocycles. The zero-order valence-electron chi connectivity index (χ0n) is 31.5. The summed E-state index contributed by atoms with van der Waals surface area (Å²) >= 11 is 0. The van der Waals surface area contributed by atoms with E-state index in [1.54, 1.807) is 41.5 Å². The number of carbonyl (C=O) groups excluding carboxylic acids is 5. The van der Waals surface area contributed by atoms with Crippen LogP contribution in [0.15, 0.2) is 30.4 Å². The molecule has 0 unspecified atom stereocenters. The molecule has 3 rings (SSSR count). The zero-order chi connectivity index (χ0) is 37.7. The number of imidazole rings is 1. The average Bonchev–Trinajstić information content (AvgIpc) is 3.60. The molecule has 2 aliphatic heterocycles. The van der Waals surface area contributed by atoms with E-state index in [1.807, 2.05) is 25.9 Å². The lowest BCUT2D eigenvalue weighted by atomic mass is 9.77. The maximum atomic E-state index is 14.2. The molecule has 0 bridgehead atoms. The predicted octanol–water partition coefficient (Wildman–Crippen LogP) is 4.13. The topological polar surface area (TPSA) is 162 Å². The maximum absolute atomic E-state index is 14.2. The summed E-state index contributed by atoms with van der Waals surface area (Å²) in [7, 11) is 5.20. The van der Waals surface area contributed by atoms with Crippen LogP contribution in [-0.4, -0.2) is 113 Å². The number of cyclic esters (lactones) is 1. The molecule has 0 saturated carbocycles. The quantitative estimate of drug-likeness (QED) is 0.226. The summed E-state index contributed by atoms with van der Waals surface area (Å²) in [5.41, 5.74) is -2.62. The molecule has 280 valence electrons. The van der Waals surface area contributed by atoms with Gasteiger partial charge in [-0.05, 0) is 79.6 Å². The zero-order valence-corrected chi connectivity index (χ0v) is 31.5. The highest BCUT2D eigenvalue weighted by Crippen LogP contribution is 2.38. The highest BCUT2D eigenvalue weighted by Gasteiger charge is 2.51. The first-order valence-corrected chi connectivity index (χ1v) is 17.2. The molecule has 0 radical (unpaired) electrons. The number of likely N-dealkylation sites (N-methyl/N-ethyl adjacent to an activating group) is 1. The minimum absolute atomic E-state index is 0.0922. The number of methoxy groups -OCH3 is 1. The van der Waals surface area contributed by atoms with E-state index in [9.17, 15) is 24.0 Å². The van der Waals surface area contributed by atoms with Crippen LogP contribution in [0.4, 0.5) is 4.79 Å². The average molecular weight is 706 g/mol. The number of ether oxygens (including phenoxy) is 6. The third kappa shape index (κ3) is 9.25. The molecular formula is C36H55N3O11. The summed E-state index contributed by atoms with van der Waals surface area (Å²) in [6.45, 7) is 14.6. The Labute approximate surface area is 295 Å². The van der Waals surface area contributed by atoms with Crippen LogP contribution in [0.25, 0.3) is 0 Å². The van der Waals surface area contributed by atoms with Gasteiger partial charge in [0.05, 0.1) is 23.9 Å². The fraction of sp³-hybridized carbons (Fsp3) is 0.722. The Morgan fingerprint density at radius 1 is 1.12 bits per heavy atom. The second-order valence-electron chi connectivity index (χ2n) is 14.3. The fourth-order valence-electron chi connectivity index (χ4n) is 7.10. The fourth-order valence-corrected chi connectivity index (χ4v) is 7.10. The Balaban J connectivity index is 2.14. The van der Waals surface area contributed by atoms with Crippen molar-refractivity contribution < 1.29 is 52.4 Å². The number of carbonyl (C=O) groups is 5. The molecule has 0 N–H and O–H groups in total. The van der Waals surface area contributed by atoms with Crippen molar-refractivity contribution in [3.05, 3.63) is 30.4 Å². The van der Waals surface area contributed by atoms with Crippen LogP contribution in [-0.2, 0) is 47.6 Å². The minimum Gasteiger partial charge on any atom is -0.457 e. The molecule has 0 aliphatic carbocycles. The normalized spacial score (nSPS) is 37.3. The number of Topliss-reactive ketones (excluding diaryl/α,β-unsaturated/α-hetero) is 2. The Bertz CT molecular complexity index is 1410. The van der Waals surface area contributed by atoms with Crippen LogP contribution in [0.3, 0.4) is 0 Å². The monoisotopic (exact) mass is 705 g/mol. The molecule has 0 spiro atoms.